The Balaban J connectivity index is 1.47. The first kappa shape index (κ1) is 26.2. The molecule has 1 aromatic heterocycles. The average Bonchev–Trinajstić information content (AvgIpc) is 2.89. The number of hydrogen-bond acceptors (Lipinski definition) is 7. The minimum atomic E-state index is -0.604. The standard InChI is InChI=1S/C27H32F2N4O2S/c1-4-31-20(15-9-11-18(28)12-10-15)14-22(36)16-5-7-17(8-6-16)27-32-24-19(26(30)33-27)13-21(34-2)25(35-3)23(24)29/h9-13,16-17,20,31H,4-8,14H2,1-3H3,(H2,30,32,33)/t16-,17-,20-/m1/s1. The molecule has 36 heavy (non-hydrogen) atoms. The molecule has 1 fully saturated rings. The third-order valence-corrected chi connectivity index (χ3v) is 7.50. The number of nitrogens with two attached hydrogens (primary N) is 1. The van der Waals surface area contributed by atoms with E-state index >= 15 is 4.39 Å². The number of halogens is 2. The van der Waals surface area contributed by atoms with Crippen molar-refractivity contribution in [3.8, 4) is 11.5 Å². The zero-order chi connectivity index (χ0) is 25.8. The highest BCUT2D eigenvalue weighted by Gasteiger charge is 2.29. The molecule has 0 bridgehead atoms. The van der Waals surface area contributed by atoms with Crippen LogP contribution in [0.15, 0.2) is 30.3 Å². The Morgan fingerprint density at radius 2 is 1.81 bits per heavy atom. The van der Waals surface area contributed by atoms with E-state index in [4.69, 9.17) is 27.4 Å². The van der Waals surface area contributed by atoms with Gasteiger partial charge in [0.1, 0.15) is 23.0 Å². The van der Waals surface area contributed by atoms with Gasteiger partial charge in [-0.2, -0.15) is 0 Å². The normalized spacial score (nSPS) is 18.7. The van der Waals surface area contributed by atoms with E-state index in [0.717, 1.165) is 49.1 Å². The number of rotatable bonds is 9. The number of aromatic nitrogens is 2. The van der Waals surface area contributed by atoms with E-state index in [1.54, 1.807) is 6.07 Å². The Morgan fingerprint density at radius 1 is 1.11 bits per heavy atom. The first-order valence-electron chi connectivity index (χ1n) is 12.2. The Morgan fingerprint density at radius 3 is 2.42 bits per heavy atom. The molecule has 1 saturated carbocycles. The van der Waals surface area contributed by atoms with Gasteiger partial charge in [-0.3, -0.25) is 0 Å². The van der Waals surface area contributed by atoms with Crippen LogP contribution >= 0.6 is 12.2 Å². The lowest BCUT2D eigenvalue weighted by Crippen LogP contribution is -2.27. The van der Waals surface area contributed by atoms with Crippen LogP contribution < -0.4 is 20.5 Å². The van der Waals surface area contributed by atoms with Crippen LogP contribution in [0.1, 0.15) is 62.4 Å². The predicted molar refractivity (Wildman–Crippen MR) is 142 cm³/mol. The van der Waals surface area contributed by atoms with E-state index in [-0.39, 0.29) is 40.6 Å². The molecule has 192 valence electrons. The lowest BCUT2D eigenvalue weighted by Gasteiger charge is -2.30. The van der Waals surface area contributed by atoms with Crippen molar-refractivity contribution in [1.29, 1.82) is 0 Å². The molecule has 0 spiro atoms. The Kier molecular flexibility index (Phi) is 8.31. The summed E-state index contributed by atoms with van der Waals surface area (Å²) in [4.78, 5) is 10.1. The summed E-state index contributed by atoms with van der Waals surface area (Å²) in [7, 11) is 2.83. The molecule has 0 aliphatic heterocycles. The van der Waals surface area contributed by atoms with E-state index in [9.17, 15) is 4.39 Å². The molecule has 0 radical (unpaired) electrons. The minimum Gasteiger partial charge on any atom is -0.493 e. The molecule has 4 rings (SSSR count). The number of ether oxygens (including phenoxy) is 2. The molecule has 3 aromatic rings. The smallest absolute Gasteiger partial charge is 0.199 e. The fourth-order valence-corrected chi connectivity index (χ4v) is 5.44. The third-order valence-electron chi connectivity index (χ3n) is 7.00. The minimum absolute atomic E-state index is 0.000459. The first-order chi connectivity index (χ1) is 17.4. The van der Waals surface area contributed by atoms with Crippen molar-refractivity contribution in [2.75, 3.05) is 26.5 Å². The monoisotopic (exact) mass is 514 g/mol. The number of hydrogen-bond donors (Lipinski definition) is 2. The highest BCUT2D eigenvalue weighted by atomic mass is 32.1. The summed E-state index contributed by atoms with van der Waals surface area (Å²) >= 11 is 5.86. The van der Waals surface area contributed by atoms with Crippen molar-refractivity contribution < 1.29 is 18.3 Å². The zero-order valence-electron chi connectivity index (χ0n) is 20.8. The first-order valence-corrected chi connectivity index (χ1v) is 12.7. The molecule has 0 amide bonds. The molecule has 1 atom stereocenters. The van der Waals surface area contributed by atoms with Crippen molar-refractivity contribution in [2.45, 2.75) is 51.0 Å². The molecule has 1 heterocycles. The molecule has 9 heteroatoms. The van der Waals surface area contributed by atoms with Crippen molar-refractivity contribution in [3.63, 3.8) is 0 Å². The van der Waals surface area contributed by atoms with E-state index < -0.39 is 5.82 Å². The number of thiocarbonyl (C=S) groups is 1. The summed E-state index contributed by atoms with van der Waals surface area (Å²) in [6.07, 6.45) is 4.21. The van der Waals surface area contributed by atoms with Crippen molar-refractivity contribution in [2.24, 2.45) is 5.92 Å². The maximum atomic E-state index is 15.2. The molecule has 3 N–H and O–H groups in total. The van der Waals surface area contributed by atoms with Crippen LogP contribution in [0.5, 0.6) is 11.5 Å². The van der Waals surface area contributed by atoms with E-state index in [0.29, 0.717) is 17.1 Å². The van der Waals surface area contributed by atoms with Crippen LogP contribution in [-0.4, -0.2) is 35.6 Å². The number of methoxy groups -OCH3 is 2. The van der Waals surface area contributed by atoms with Gasteiger partial charge in [0.2, 0.25) is 0 Å². The van der Waals surface area contributed by atoms with Gasteiger partial charge in [-0.25, -0.2) is 18.7 Å². The number of anilines is 1. The van der Waals surface area contributed by atoms with E-state index in [1.165, 1.54) is 26.4 Å². The lowest BCUT2D eigenvalue weighted by molar-refractivity contribution is 0.339. The van der Waals surface area contributed by atoms with Crippen molar-refractivity contribution >= 4 is 33.8 Å². The summed E-state index contributed by atoms with van der Waals surface area (Å²) in [5.74, 6) is 0.543. The number of nitrogens with zero attached hydrogens (tertiary/aromatic N) is 2. The maximum Gasteiger partial charge on any atom is 0.199 e. The average molecular weight is 515 g/mol. The Hall–Kier alpha value is -2.91. The highest BCUT2D eigenvalue weighted by molar-refractivity contribution is 7.80. The summed E-state index contributed by atoms with van der Waals surface area (Å²) in [5.41, 5.74) is 7.38. The van der Waals surface area contributed by atoms with Gasteiger partial charge in [0.05, 0.1) is 14.2 Å². The molecule has 0 unspecified atom stereocenters. The fraction of sp³-hybridized carbons (Fsp3) is 0.444. The molecule has 1 aliphatic carbocycles. The molecule has 0 saturated heterocycles. The molecule has 6 nitrogen and oxygen atoms in total. The third kappa shape index (κ3) is 5.42. The van der Waals surface area contributed by atoms with Crippen LogP contribution in [0, 0.1) is 17.6 Å². The second-order valence-corrected chi connectivity index (χ2v) is 9.69. The van der Waals surface area contributed by atoms with E-state index in [2.05, 4.69) is 22.2 Å². The van der Waals surface area contributed by atoms with Gasteiger partial charge >= 0.3 is 0 Å². The molecule has 2 aromatic carbocycles. The SMILES string of the molecule is CCN[C@H](CC(=S)[C@H]1CC[C@H](c2nc(N)c3cc(OC)c(OC)c(F)c3n2)CC1)c1ccc(F)cc1. The molecular weight excluding hydrogens is 482 g/mol. The van der Waals surface area contributed by atoms with Gasteiger partial charge in [-0.05, 0) is 73.2 Å². The lowest BCUT2D eigenvalue weighted by atomic mass is 9.78. The highest BCUT2D eigenvalue weighted by Crippen LogP contribution is 2.40. The summed E-state index contributed by atoms with van der Waals surface area (Å²) in [6, 6.07) is 8.25. The van der Waals surface area contributed by atoms with Crippen molar-refractivity contribution in [1.82, 2.24) is 15.3 Å². The van der Waals surface area contributed by atoms with Crippen LogP contribution in [0.2, 0.25) is 0 Å². The summed E-state index contributed by atoms with van der Waals surface area (Å²) in [6.45, 7) is 2.85. The Bertz CT molecular complexity index is 1230. The van der Waals surface area contributed by atoms with Crippen LogP contribution in [0.4, 0.5) is 14.6 Å². The van der Waals surface area contributed by atoms with Crippen molar-refractivity contribution in [3.05, 3.63) is 53.4 Å². The number of nitrogen functional groups attached to an aromatic ring is 1. The largest absolute Gasteiger partial charge is 0.493 e. The van der Waals surface area contributed by atoms with Gasteiger partial charge in [0.25, 0.3) is 0 Å². The fourth-order valence-electron chi connectivity index (χ4n) is 5.04. The van der Waals surface area contributed by atoms with Gasteiger partial charge in [0.15, 0.2) is 17.3 Å². The molecule has 1 aliphatic rings. The van der Waals surface area contributed by atoms with Crippen LogP contribution in [0.3, 0.4) is 0 Å². The topological polar surface area (TPSA) is 82.3 Å². The second kappa shape index (κ2) is 11.4. The van der Waals surface area contributed by atoms with Gasteiger partial charge in [-0.1, -0.05) is 31.3 Å². The van der Waals surface area contributed by atoms with Gasteiger partial charge in [0, 0.05) is 17.3 Å². The second-order valence-electron chi connectivity index (χ2n) is 9.17. The van der Waals surface area contributed by atoms with Crippen LogP contribution in [-0.2, 0) is 0 Å². The number of benzene rings is 2. The maximum absolute atomic E-state index is 15.2. The quantitative estimate of drug-likeness (QED) is 0.345. The van der Waals surface area contributed by atoms with Gasteiger partial charge < -0.3 is 20.5 Å². The summed E-state index contributed by atoms with van der Waals surface area (Å²) < 4.78 is 39.0. The van der Waals surface area contributed by atoms with E-state index in [1.807, 2.05) is 12.1 Å². The molecular formula is C27H32F2N4O2S. The number of fused-ring (bicyclic) bond motifs is 1. The predicted octanol–water partition coefficient (Wildman–Crippen LogP) is 5.89. The number of nitrogens with one attached hydrogen (secondary N) is 1. The van der Waals surface area contributed by atoms with Gasteiger partial charge in [-0.15, -0.1) is 0 Å². The van der Waals surface area contributed by atoms with Crippen LogP contribution in [0.25, 0.3) is 10.9 Å². The zero-order valence-corrected chi connectivity index (χ0v) is 21.6. The summed E-state index contributed by atoms with van der Waals surface area (Å²) in [5, 5.41) is 3.87. The Labute approximate surface area is 215 Å².